The second-order valence-electron chi connectivity index (χ2n) is 9.25. The lowest BCUT2D eigenvalue weighted by Gasteiger charge is -2.21. The molecule has 178 valence electrons. The van der Waals surface area contributed by atoms with Crippen molar-refractivity contribution in [3.05, 3.63) is 76.0 Å². The molecule has 2 aliphatic rings. The number of benzene rings is 2. The molecule has 0 spiro atoms. The lowest BCUT2D eigenvalue weighted by atomic mass is 10.0. The highest BCUT2D eigenvalue weighted by molar-refractivity contribution is 6.34. The van der Waals surface area contributed by atoms with Gasteiger partial charge in [-0.1, -0.05) is 41.4 Å². The SMILES string of the molecule is O=C(OCc1cc(Cl)cc(Cl)c1)N1C[C@@H]2CN(C(=O)c3cc4c(cn3)[nH]c3ccccc34)C[C@H]2C1. The Morgan fingerprint density at radius 1 is 0.914 bits per heavy atom. The number of pyridine rings is 1. The monoisotopic (exact) mass is 508 g/mol. The molecule has 0 unspecified atom stereocenters. The van der Waals surface area contributed by atoms with Crippen molar-refractivity contribution < 1.29 is 14.3 Å². The average molecular weight is 509 g/mol. The van der Waals surface area contributed by atoms with E-state index in [-0.39, 0.29) is 30.4 Å². The first-order chi connectivity index (χ1) is 16.9. The van der Waals surface area contributed by atoms with E-state index in [2.05, 4.69) is 9.97 Å². The second kappa shape index (κ2) is 8.73. The molecule has 6 rings (SSSR count). The average Bonchev–Trinajstić information content (AvgIpc) is 3.52. The van der Waals surface area contributed by atoms with Crippen LogP contribution in [0.25, 0.3) is 21.8 Å². The van der Waals surface area contributed by atoms with Gasteiger partial charge < -0.3 is 19.5 Å². The minimum atomic E-state index is -0.361. The zero-order chi connectivity index (χ0) is 24.1. The van der Waals surface area contributed by atoms with Crippen molar-refractivity contribution in [2.24, 2.45) is 11.8 Å². The number of fused-ring (bicyclic) bond motifs is 4. The molecule has 9 heteroatoms. The van der Waals surface area contributed by atoms with Crippen LogP contribution in [0.5, 0.6) is 0 Å². The third-order valence-electron chi connectivity index (χ3n) is 6.93. The van der Waals surface area contributed by atoms with E-state index in [9.17, 15) is 9.59 Å². The van der Waals surface area contributed by atoms with Gasteiger partial charge in [-0.2, -0.15) is 0 Å². The molecule has 2 aromatic heterocycles. The second-order valence-corrected chi connectivity index (χ2v) is 10.1. The smallest absolute Gasteiger partial charge is 0.410 e. The first kappa shape index (κ1) is 22.2. The first-order valence-corrected chi connectivity index (χ1v) is 12.2. The maximum Gasteiger partial charge on any atom is 0.410 e. The Balaban J connectivity index is 1.09. The molecule has 4 aromatic rings. The van der Waals surface area contributed by atoms with Crippen LogP contribution in [0.15, 0.2) is 54.7 Å². The van der Waals surface area contributed by atoms with Crippen LogP contribution in [0, 0.1) is 11.8 Å². The van der Waals surface area contributed by atoms with Crippen molar-refractivity contribution in [1.29, 1.82) is 0 Å². The highest BCUT2D eigenvalue weighted by atomic mass is 35.5. The van der Waals surface area contributed by atoms with E-state index in [1.165, 1.54) is 0 Å². The minimum absolute atomic E-state index is 0.0708. The number of hydrogen-bond donors (Lipinski definition) is 1. The summed E-state index contributed by atoms with van der Waals surface area (Å²) in [5.41, 5.74) is 3.12. The van der Waals surface area contributed by atoms with E-state index in [0.717, 1.165) is 27.4 Å². The number of H-pyrrole nitrogens is 1. The number of rotatable bonds is 3. The maximum absolute atomic E-state index is 13.2. The first-order valence-electron chi connectivity index (χ1n) is 11.5. The Kier molecular flexibility index (Phi) is 5.54. The minimum Gasteiger partial charge on any atom is -0.445 e. The molecule has 0 bridgehead atoms. The van der Waals surface area contributed by atoms with Gasteiger partial charge in [0.15, 0.2) is 0 Å². The number of halogens is 2. The van der Waals surface area contributed by atoms with E-state index < -0.39 is 0 Å². The molecule has 7 nitrogen and oxygen atoms in total. The molecule has 2 aromatic carbocycles. The zero-order valence-electron chi connectivity index (χ0n) is 18.7. The van der Waals surface area contributed by atoms with Gasteiger partial charge in [0.25, 0.3) is 5.91 Å². The standard InChI is InChI=1S/C26H22Cl2N4O3/c27-18-5-15(6-19(28)7-18)14-35-26(34)32-12-16-10-31(11-17(16)13-32)25(33)23-8-21-20-3-1-2-4-22(20)30-24(21)9-29-23/h1-9,16-17,30H,10-14H2/t16-,17-/m0/s1. The summed E-state index contributed by atoms with van der Waals surface area (Å²) in [4.78, 5) is 37.2. The molecule has 2 saturated heterocycles. The van der Waals surface area contributed by atoms with Crippen LogP contribution >= 0.6 is 23.2 Å². The van der Waals surface area contributed by atoms with Gasteiger partial charge in [0.1, 0.15) is 12.3 Å². The van der Waals surface area contributed by atoms with Gasteiger partial charge in [0, 0.05) is 64.3 Å². The van der Waals surface area contributed by atoms with Gasteiger partial charge in [0.2, 0.25) is 0 Å². The molecular weight excluding hydrogens is 487 g/mol. The summed E-state index contributed by atoms with van der Waals surface area (Å²) in [6, 6.07) is 15.0. The van der Waals surface area contributed by atoms with Crippen LogP contribution in [0.1, 0.15) is 16.1 Å². The quantitative estimate of drug-likeness (QED) is 0.403. The topological polar surface area (TPSA) is 78.5 Å². The highest BCUT2D eigenvalue weighted by Crippen LogP contribution is 2.33. The normalized spacial score (nSPS) is 19.5. The van der Waals surface area contributed by atoms with E-state index in [0.29, 0.717) is 41.9 Å². The Bertz CT molecular complexity index is 1440. The maximum atomic E-state index is 13.2. The summed E-state index contributed by atoms with van der Waals surface area (Å²) in [5, 5.41) is 3.07. The third-order valence-corrected chi connectivity index (χ3v) is 7.36. The van der Waals surface area contributed by atoms with E-state index in [4.69, 9.17) is 27.9 Å². The number of likely N-dealkylation sites (tertiary alicyclic amines) is 2. The lowest BCUT2D eigenvalue weighted by Crippen LogP contribution is -2.36. The molecule has 2 atom stereocenters. The fraction of sp³-hybridized carbons (Fsp3) is 0.269. The molecule has 0 radical (unpaired) electrons. The summed E-state index contributed by atoms with van der Waals surface area (Å²) >= 11 is 12.0. The Morgan fingerprint density at radius 3 is 2.34 bits per heavy atom. The predicted molar refractivity (Wildman–Crippen MR) is 135 cm³/mol. The molecule has 0 saturated carbocycles. The van der Waals surface area contributed by atoms with Gasteiger partial charge in [-0.15, -0.1) is 0 Å². The Labute approximate surface area is 211 Å². The van der Waals surface area contributed by atoms with Gasteiger partial charge in [-0.25, -0.2) is 9.78 Å². The molecule has 2 aliphatic heterocycles. The summed E-state index contributed by atoms with van der Waals surface area (Å²) in [5.74, 6) is 0.381. The number of hydrogen-bond acceptors (Lipinski definition) is 4. The fourth-order valence-corrected chi connectivity index (χ4v) is 5.84. The molecule has 1 N–H and O–H groups in total. The van der Waals surface area contributed by atoms with Crippen molar-refractivity contribution in [2.45, 2.75) is 6.61 Å². The van der Waals surface area contributed by atoms with Gasteiger partial charge in [-0.3, -0.25) is 4.79 Å². The molecule has 4 heterocycles. The van der Waals surface area contributed by atoms with Crippen molar-refractivity contribution in [3.63, 3.8) is 0 Å². The number of para-hydroxylation sites is 1. The van der Waals surface area contributed by atoms with Crippen molar-refractivity contribution in [2.75, 3.05) is 26.2 Å². The molecule has 2 amide bonds. The number of nitrogens with zero attached hydrogens (tertiary/aromatic N) is 3. The number of aromatic amines is 1. The van der Waals surface area contributed by atoms with E-state index in [1.807, 2.05) is 35.2 Å². The molecule has 35 heavy (non-hydrogen) atoms. The fourth-order valence-electron chi connectivity index (χ4n) is 5.27. The van der Waals surface area contributed by atoms with Gasteiger partial charge in [-0.05, 0) is 35.9 Å². The summed E-state index contributed by atoms with van der Waals surface area (Å²) < 4.78 is 5.48. The number of nitrogens with one attached hydrogen (secondary N) is 1. The van der Waals surface area contributed by atoms with E-state index >= 15 is 0 Å². The third kappa shape index (κ3) is 4.19. The molecule has 0 aliphatic carbocycles. The number of aromatic nitrogens is 2. The molecular formula is C26H22Cl2N4O3. The van der Waals surface area contributed by atoms with Crippen LogP contribution in [0.2, 0.25) is 10.0 Å². The number of carbonyl (C=O) groups excluding carboxylic acids is 2. The Morgan fingerprint density at radius 2 is 1.60 bits per heavy atom. The van der Waals surface area contributed by atoms with Crippen LogP contribution in [0.4, 0.5) is 4.79 Å². The van der Waals surface area contributed by atoms with Gasteiger partial charge in [0.05, 0.1) is 11.7 Å². The van der Waals surface area contributed by atoms with Gasteiger partial charge >= 0.3 is 6.09 Å². The van der Waals surface area contributed by atoms with Crippen molar-refractivity contribution in [1.82, 2.24) is 19.8 Å². The highest BCUT2D eigenvalue weighted by Gasteiger charge is 2.43. The summed E-state index contributed by atoms with van der Waals surface area (Å²) in [7, 11) is 0. The van der Waals surface area contributed by atoms with Crippen molar-refractivity contribution in [3.8, 4) is 0 Å². The van der Waals surface area contributed by atoms with Crippen LogP contribution in [-0.4, -0.2) is 57.9 Å². The lowest BCUT2D eigenvalue weighted by molar-refractivity contribution is 0.0759. The number of carbonyl (C=O) groups is 2. The summed E-state index contributed by atoms with van der Waals surface area (Å²) in [6.07, 6.45) is 1.37. The van der Waals surface area contributed by atoms with Crippen LogP contribution < -0.4 is 0 Å². The Hall–Kier alpha value is -3.29. The van der Waals surface area contributed by atoms with E-state index in [1.54, 1.807) is 29.3 Å². The number of ether oxygens (including phenoxy) is 1. The molecule has 2 fully saturated rings. The van der Waals surface area contributed by atoms with Crippen LogP contribution in [-0.2, 0) is 11.3 Å². The van der Waals surface area contributed by atoms with Crippen molar-refractivity contribution >= 4 is 57.0 Å². The summed E-state index contributed by atoms with van der Waals surface area (Å²) in [6.45, 7) is 2.45. The largest absolute Gasteiger partial charge is 0.445 e. The van der Waals surface area contributed by atoms with Crippen LogP contribution in [0.3, 0.4) is 0 Å². The zero-order valence-corrected chi connectivity index (χ0v) is 20.2. The number of amides is 2. The predicted octanol–water partition coefficient (Wildman–Crippen LogP) is 5.36.